The molecule has 1 aliphatic rings. The maximum atomic E-state index is 12.6. The first-order chi connectivity index (χ1) is 13.3. The molecule has 0 saturated heterocycles. The fraction of sp³-hybridized carbons (Fsp3) is 0.368. The molecule has 8 heteroatoms. The van der Waals surface area contributed by atoms with Crippen molar-refractivity contribution in [2.45, 2.75) is 42.9 Å². The zero-order valence-corrected chi connectivity index (χ0v) is 16.5. The zero-order valence-electron chi connectivity index (χ0n) is 14.8. The normalized spacial score (nSPS) is 15.7. The van der Waals surface area contributed by atoms with Crippen molar-refractivity contribution in [3.8, 4) is 0 Å². The van der Waals surface area contributed by atoms with Crippen LogP contribution in [0.4, 0.5) is 0 Å². The summed E-state index contributed by atoms with van der Waals surface area (Å²) in [6.07, 6.45) is 4.65. The van der Waals surface area contributed by atoms with Gasteiger partial charge in [0, 0.05) is 4.88 Å². The number of tetrazole rings is 1. The zero-order chi connectivity index (χ0) is 18.5. The third kappa shape index (κ3) is 4.39. The molecule has 1 saturated carbocycles. The molecule has 0 radical (unpaired) electrons. The van der Waals surface area contributed by atoms with Crippen molar-refractivity contribution in [2.24, 2.45) is 0 Å². The number of hydrogen-bond acceptors (Lipinski definition) is 6. The fourth-order valence-electron chi connectivity index (χ4n) is 3.41. The number of carbonyl (C=O) groups excluding carboxylic acids is 1. The number of amides is 1. The summed E-state index contributed by atoms with van der Waals surface area (Å²) in [6, 6.07) is 14.3. The minimum Gasteiger partial charge on any atom is -0.344 e. The first-order valence-corrected chi connectivity index (χ1v) is 11.0. The molecule has 0 aliphatic heterocycles. The van der Waals surface area contributed by atoms with Gasteiger partial charge in [0.25, 0.3) is 0 Å². The van der Waals surface area contributed by atoms with Gasteiger partial charge in [0.05, 0.1) is 17.8 Å². The molecule has 3 aromatic rings. The van der Waals surface area contributed by atoms with E-state index in [1.165, 1.54) is 24.6 Å². The molecular weight excluding hydrogens is 378 g/mol. The number of benzene rings is 1. The monoisotopic (exact) mass is 399 g/mol. The van der Waals surface area contributed by atoms with Crippen LogP contribution >= 0.6 is 23.1 Å². The molecule has 2 heterocycles. The highest BCUT2D eigenvalue weighted by molar-refractivity contribution is 7.99. The number of hydrogen-bond donors (Lipinski definition) is 1. The standard InChI is InChI=1S/C19H21N5OS2/c25-17(13-27-19-21-22-23-24(19)15-9-4-5-10-15)20-18(16-11-6-12-26-16)14-7-2-1-3-8-14/h1-3,6-8,11-12,15,18H,4-5,9-10,13H2,(H,20,25)/t18-/m0/s1. The third-order valence-corrected chi connectivity index (χ3v) is 6.60. The van der Waals surface area contributed by atoms with Gasteiger partial charge in [0.15, 0.2) is 0 Å². The summed E-state index contributed by atoms with van der Waals surface area (Å²) in [4.78, 5) is 13.8. The van der Waals surface area contributed by atoms with Crippen molar-refractivity contribution >= 4 is 29.0 Å². The lowest BCUT2D eigenvalue weighted by Gasteiger charge is -2.18. The molecule has 1 amide bonds. The highest BCUT2D eigenvalue weighted by Gasteiger charge is 2.23. The van der Waals surface area contributed by atoms with Crippen molar-refractivity contribution in [1.82, 2.24) is 25.5 Å². The minimum atomic E-state index is -0.134. The van der Waals surface area contributed by atoms with E-state index in [1.807, 2.05) is 46.5 Å². The van der Waals surface area contributed by atoms with Crippen LogP contribution in [0.25, 0.3) is 0 Å². The van der Waals surface area contributed by atoms with Crippen LogP contribution in [-0.4, -0.2) is 31.9 Å². The van der Waals surface area contributed by atoms with Gasteiger partial charge in [-0.2, -0.15) is 0 Å². The summed E-state index contributed by atoms with van der Waals surface area (Å²) >= 11 is 3.05. The van der Waals surface area contributed by atoms with Crippen molar-refractivity contribution in [3.05, 3.63) is 58.3 Å². The largest absolute Gasteiger partial charge is 0.344 e. The third-order valence-electron chi connectivity index (χ3n) is 4.73. The molecular formula is C19H21N5OS2. The number of nitrogens with one attached hydrogen (secondary N) is 1. The van der Waals surface area contributed by atoms with Gasteiger partial charge >= 0.3 is 0 Å². The van der Waals surface area contributed by atoms with E-state index in [0.717, 1.165) is 28.4 Å². The Morgan fingerprint density at radius 2 is 2.04 bits per heavy atom. The van der Waals surface area contributed by atoms with Crippen LogP contribution < -0.4 is 5.32 Å². The van der Waals surface area contributed by atoms with Crippen LogP contribution in [0.1, 0.15) is 48.2 Å². The quantitative estimate of drug-likeness (QED) is 0.611. The van der Waals surface area contributed by atoms with Crippen LogP contribution in [0.3, 0.4) is 0 Å². The number of nitrogens with zero attached hydrogens (tertiary/aromatic N) is 4. The summed E-state index contributed by atoms with van der Waals surface area (Å²) in [5.74, 6) is 0.269. The Hall–Kier alpha value is -2.19. The van der Waals surface area contributed by atoms with Crippen molar-refractivity contribution in [3.63, 3.8) is 0 Å². The topological polar surface area (TPSA) is 72.7 Å². The van der Waals surface area contributed by atoms with Crippen LogP contribution in [-0.2, 0) is 4.79 Å². The van der Waals surface area contributed by atoms with Gasteiger partial charge in [0.2, 0.25) is 11.1 Å². The highest BCUT2D eigenvalue weighted by atomic mass is 32.2. The molecule has 27 heavy (non-hydrogen) atoms. The summed E-state index contributed by atoms with van der Waals surface area (Å²) in [5.41, 5.74) is 1.08. The molecule has 4 rings (SSSR count). The van der Waals surface area contributed by atoms with E-state index in [1.54, 1.807) is 11.3 Å². The van der Waals surface area contributed by atoms with E-state index in [4.69, 9.17) is 0 Å². The van der Waals surface area contributed by atoms with E-state index < -0.39 is 0 Å². The lowest BCUT2D eigenvalue weighted by Crippen LogP contribution is -2.30. The molecule has 6 nitrogen and oxygen atoms in total. The van der Waals surface area contributed by atoms with Gasteiger partial charge in [0.1, 0.15) is 0 Å². The predicted molar refractivity (Wildman–Crippen MR) is 107 cm³/mol. The number of thioether (sulfide) groups is 1. The lowest BCUT2D eigenvalue weighted by atomic mass is 10.1. The average molecular weight is 400 g/mol. The Morgan fingerprint density at radius 3 is 2.78 bits per heavy atom. The Kier molecular flexibility index (Phi) is 5.84. The molecule has 140 valence electrons. The van der Waals surface area contributed by atoms with Crippen LogP contribution in [0.15, 0.2) is 53.0 Å². The molecule has 1 aromatic carbocycles. The Labute approximate surface area is 166 Å². The van der Waals surface area contributed by atoms with E-state index in [0.29, 0.717) is 11.8 Å². The smallest absolute Gasteiger partial charge is 0.231 e. The summed E-state index contributed by atoms with van der Waals surface area (Å²) in [5, 5.41) is 18.0. The van der Waals surface area contributed by atoms with Crippen molar-refractivity contribution in [2.75, 3.05) is 5.75 Å². The van der Waals surface area contributed by atoms with Gasteiger partial charge in [-0.3, -0.25) is 4.79 Å². The summed E-state index contributed by atoms with van der Waals surface area (Å²) in [6.45, 7) is 0. The summed E-state index contributed by atoms with van der Waals surface area (Å²) < 4.78 is 1.89. The summed E-state index contributed by atoms with van der Waals surface area (Å²) in [7, 11) is 0. The second kappa shape index (κ2) is 8.67. The van der Waals surface area contributed by atoms with E-state index in [-0.39, 0.29) is 11.9 Å². The Bertz CT molecular complexity index is 859. The number of aromatic nitrogens is 4. The minimum absolute atomic E-state index is 0.0248. The molecule has 0 unspecified atom stereocenters. The fourth-order valence-corrected chi connectivity index (χ4v) is 4.97. The van der Waals surface area contributed by atoms with Crippen LogP contribution in [0.5, 0.6) is 0 Å². The van der Waals surface area contributed by atoms with Crippen molar-refractivity contribution in [1.29, 1.82) is 0 Å². The maximum Gasteiger partial charge on any atom is 0.231 e. The second-order valence-corrected chi connectivity index (χ2v) is 8.48. The van der Waals surface area contributed by atoms with E-state index >= 15 is 0 Å². The SMILES string of the molecule is O=C(CSc1nnnn1C1CCCC1)N[C@@H](c1ccccc1)c1cccs1. The highest BCUT2D eigenvalue weighted by Crippen LogP contribution is 2.31. The van der Waals surface area contributed by atoms with E-state index in [2.05, 4.69) is 26.9 Å². The van der Waals surface area contributed by atoms with Crippen molar-refractivity contribution < 1.29 is 4.79 Å². The van der Waals surface area contributed by atoms with Gasteiger partial charge in [-0.25, -0.2) is 4.68 Å². The molecule has 2 aromatic heterocycles. The van der Waals surface area contributed by atoms with E-state index in [9.17, 15) is 4.79 Å². The van der Waals surface area contributed by atoms with Crippen LogP contribution in [0, 0.1) is 0 Å². The molecule has 0 spiro atoms. The Balaban J connectivity index is 1.41. The van der Waals surface area contributed by atoms with Gasteiger partial charge in [-0.1, -0.05) is 61.0 Å². The molecule has 1 atom stereocenters. The molecule has 1 aliphatic carbocycles. The molecule has 1 N–H and O–H groups in total. The lowest BCUT2D eigenvalue weighted by molar-refractivity contribution is -0.119. The molecule has 1 fully saturated rings. The van der Waals surface area contributed by atoms with Crippen LogP contribution in [0.2, 0.25) is 0 Å². The van der Waals surface area contributed by atoms with Gasteiger partial charge in [-0.05, 0) is 40.3 Å². The van der Waals surface area contributed by atoms with Gasteiger partial charge in [-0.15, -0.1) is 16.4 Å². The predicted octanol–water partition coefficient (Wildman–Crippen LogP) is 3.85. The van der Waals surface area contributed by atoms with Gasteiger partial charge < -0.3 is 5.32 Å². The second-order valence-electron chi connectivity index (χ2n) is 6.56. The maximum absolute atomic E-state index is 12.6. The number of carbonyl (C=O) groups is 1. The number of thiophene rings is 1. The first kappa shape index (κ1) is 18.2. The number of rotatable bonds is 7. The first-order valence-electron chi connectivity index (χ1n) is 9.09. The average Bonchev–Trinajstić information content (AvgIpc) is 3.47. The Morgan fingerprint density at radius 1 is 1.22 bits per heavy atom. The molecule has 0 bridgehead atoms.